The van der Waals surface area contributed by atoms with E-state index in [1.807, 2.05) is 28.9 Å². The number of hydrogen-bond acceptors (Lipinski definition) is 4. The molecular weight excluding hydrogens is 358 g/mol. The zero-order chi connectivity index (χ0) is 19.2. The molecule has 6 rings (SSSR count). The lowest BCUT2D eigenvalue weighted by molar-refractivity contribution is 0.396. The summed E-state index contributed by atoms with van der Waals surface area (Å²) in [6, 6.07) is 20.8. The van der Waals surface area contributed by atoms with Crippen LogP contribution in [0.1, 0.15) is 31.0 Å². The van der Waals surface area contributed by atoms with Crippen molar-refractivity contribution < 1.29 is 0 Å². The van der Waals surface area contributed by atoms with E-state index in [0.29, 0.717) is 5.92 Å². The standard InChI is InChI=1S/C24H19N5/c1-2-5-16(6-3-1)20-12-11-17-9-10-19(13-21(17)27-20)23-22-14-25-15-26-29(22)24(28-23)18-7-4-8-18/h1-3,5-6,9-15,18H,4,7-8H2. The van der Waals surface area contributed by atoms with E-state index in [9.17, 15) is 0 Å². The molecule has 0 aliphatic heterocycles. The van der Waals surface area contributed by atoms with Gasteiger partial charge in [0.05, 0.1) is 23.1 Å². The number of aromatic nitrogens is 5. The molecule has 1 fully saturated rings. The van der Waals surface area contributed by atoms with Gasteiger partial charge >= 0.3 is 0 Å². The summed E-state index contributed by atoms with van der Waals surface area (Å²) in [7, 11) is 0. The maximum atomic E-state index is 5.00. The van der Waals surface area contributed by atoms with Gasteiger partial charge in [-0.3, -0.25) is 0 Å². The Morgan fingerprint density at radius 2 is 1.72 bits per heavy atom. The Bertz CT molecular complexity index is 1340. The second-order valence-corrected chi connectivity index (χ2v) is 7.62. The number of nitrogens with zero attached hydrogens (tertiary/aromatic N) is 5. The van der Waals surface area contributed by atoms with Crippen LogP contribution in [0.25, 0.3) is 38.9 Å². The average Bonchev–Trinajstić information content (AvgIpc) is 3.12. The van der Waals surface area contributed by atoms with Crippen molar-refractivity contribution in [3.63, 3.8) is 0 Å². The fourth-order valence-corrected chi connectivity index (χ4v) is 4.04. The summed E-state index contributed by atoms with van der Waals surface area (Å²) in [6.07, 6.45) is 7.08. The lowest BCUT2D eigenvalue weighted by atomic mass is 9.85. The minimum atomic E-state index is 0.495. The first kappa shape index (κ1) is 16.4. The fourth-order valence-electron chi connectivity index (χ4n) is 4.04. The number of benzene rings is 2. The highest BCUT2D eigenvalue weighted by Crippen LogP contribution is 2.38. The molecule has 1 aliphatic rings. The largest absolute Gasteiger partial charge is 0.248 e. The molecule has 5 aromatic rings. The topological polar surface area (TPSA) is 56.0 Å². The van der Waals surface area contributed by atoms with Crippen molar-refractivity contribution in [3.05, 3.63) is 79.0 Å². The predicted octanol–water partition coefficient (Wildman–Crippen LogP) is 5.27. The molecule has 0 spiro atoms. The molecule has 140 valence electrons. The molecule has 0 radical (unpaired) electrons. The van der Waals surface area contributed by atoms with Crippen LogP contribution < -0.4 is 0 Å². The van der Waals surface area contributed by atoms with E-state index in [0.717, 1.165) is 44.8 Å². The first-order valence-corrected chi connectivity index (χ1v) is 10.0. The van der Waals surface area contributed by atoms with Gasteiger partial charge in [-0.1, -0.05) is 55.0 Å². The van der Waals surface area contributed by atoms with Crippen LogP contribution in [0.3, 0.4) is 0 Å². The first-order valence-electron chi connectivity index (χ1n) is 10.0. The summed E-state index contributed by atoms with van der Waals surface area (Å²) < 4.78 is 1.96. The molecule has 0 atom stereocenters. The number of hydrogen-bond donors (Lipinski definition) is 0. The summed E-state index contributed by atoms with van der Waals surface area (Å²) in [5.41, 5.74) is 5.99. The monoisotopic (exact) mass is 377 g/mol. The van der Waals surface area contributed by atoms with Crippen LogP contribution in [0, 0.1) is 0 Å². The summed E-state index contributed by atoms with van der Waals surface area (Å²) in [5, 5.41) is 5.59. The Morgan fingerprint density at radius 3 is 2.55 bits per heavy atom. The molecule has 2 aromatic carbocycles. The molecule has 29 heavy (non-hydrogen) atoms. The van der Waals surface area contributed by atoms with Crippen LogP contribution in [-0.2, 0) is 0 Å². The van der Waals surface area contributed by atoms with Crippen molar-refractivity contribution in [1.29, 1.82) is 0 Å². The van der Waals surface area contributed by atoms with E-state index in [4.69, 9.17) is 9.97 Å². The second-order valence-electron chi connectivity index (χ2n) is 7.62. The lowest BCUT2D eigenvalue weighted by Crippen LogP contribution is -2.13. The minimum Gasteiger partial charge on any atom is -0.248 e. The molecule has 0 unspecified atom stereocenters. The van der Waals surface area contributed by atoms with Crippen LogP contribution in [-0.4, -0.2) is 24.6 Å². The van der Waals surface area contributed by atoms with Gasteiger partial charge in [0, 0.05) is 22.4 Å². The lowest BCUT2D eigenvalue weighted by Gasteiger charge is -2.23. The molecule has 5 nitrogen and oxygen atoms in total. The van der Waals surface area contributed by atoms with Gasteiger partial charge in [-0.05, 0) is 25.0 Å². The number of imidazole rings is 1. The number of fused-ring (bicyclic) bond motifs is 2. The van der Waals surface area contributed by atoms with E-state index in [1.54, 1.807) is 6.33 Å². The van der Waals surface area contributed by atoms with Crippen LogP contribution in [0.15, 0.2) is 73.2 Å². The molecule has 3 heterocycles. The Kier molecular flexibility index (Phi) is 3.66. The summed E-state index contributed by atoms with van der Waals surface area (Å²) in [4.78, 5) is 14.2. The quantitative estimate of drug-likeness (QED) is 0.429. The molecule has 0 bridgehead atoms. The van der Waals surface area contributed by atoms with Gasteiger partial charge in [0.1, 0.15) is 17.7 Å². The van der Waals surface area contributed by atoms with Gasteiger partial charge in [0.25, 0.3) is 0 Å². The van der Waals surface area contributed by atoms with Crippen molar-refractivity contribution in [1.82, 2.24) is 24.6 Å². The molecule has 1 aliphatic carbocycles. The third-order valence-electron chi connectivity index (χ3n) is 5.85. The molecular formula is C24H19N5. The number of pyridine rings is 1. The smallest absolute Gasteiger partial charge is 0.136 e. The van der Waals surface area contributed by atoms with Crippen LogP contribution >= 0.6 is 0 Å². The fraction of sp³-hybridized carbons (Fsp3) is 0.167. The van der Waals surface area contributed by atoms with E-state index in [-0.39, 0.29) is 0 Å². The highest BCUT2D eigenvalue weighted by molar-refractivity contribution is 5.88. The average molecular weight is 377 g/mol. The molecule has 1 saturated carbocycles. The third-order valence-corrected chi connectivity index (χ3v) is 5.85. The third kappa shape index (κ3) is 2.70. The minimum absolute atomic E-state index is 0.495. The summed E-state index contributed by atoms with van der Waals surface area (Å²) in [6.45, 7) is 0. The Morgan fingerprint density at radius 1 is 0.862 bits per heavy atom. The molecule has 0 N–H and O–H groups in total. The van der Waals surface area contributed by atoms with Crippen molar-refractivity contribution in [3.8, 4) is 22.5 Å². The zero-order valence-corrected chi connectivity index (χ0v) is 15.9. The molecule has 5 heteroatoms. The van der Waals surface area contributed by atoms with Gasteiger partial charge < -0.3 is 0 Å². The summed E-state index contributed by atoms with van der Waals surface area (Å²) in [5.74, 6) is 1.55. The van der Waals surface area contributed by atoms with Crippen molar-refractivity contribution >= 4 is 16.4 Å². The molecule has 0 amide bonds. The van der Waals surface area contributed by atoms with Gasteiger partial charge in [0.2, 0.25) is 0 Å². The van der Waals surface area contributed by atoms with E-state index >= 15 is 0 Å². The van der Waals surface area contributed by atoms with Crippen LogP contribution in [0.2, 0.25) is 0 Å². The van der Waals surface area contributed by atoms with E-state index in [1.165, 1.54) is 19.3 Å². The van der Waals surface area contributed by atoms with Gasteiger partial charge in [-0.15, -0.1) is 0 Å². The van der Waals surface area contributed by atoms with Gasteiger partial charge in [-0.25, -0.2) is 19.5 Å². The van der Waals surface area contributed by atoms with Crippen LogP contribution in [0.4, 0.5) is 0 Å². The van der Waals surface area contributed by atoms with Crippen molar-refractivity contribution in [2.24, 2.45) is 0 Å². The second kappa shape index (κ2) is 6.48. The highest BCUT2D eigenvalue weighted by atomic mass is 15.3. The van der Waals surface area contributed by atoms with Gasteiger partial charge in [0.15, 0.2) is 0 Å². The van der Waals surface area contributed by atoms with Gasteiger partial charge in [-0.2, -0.15) is 5.10 Å². The first-order chi connectivity index (χ1) is 14.4. The van der Waals surface area contributed by atoms with E-state index in [2.05, 4.69) is 52.5 Å². The Balaban J connectivity index is 1.51. The van der Waals surface area contributed by atoms with Crippen molar-refractivity contribution in [2.45, 2.75) is 25.2 Å². The Labute approximate surface area is 168 Å². The SMILES string of the molecule is c1ccc(-c2ccc3ccc(-c4nc(C5CCC5)n5ncncc45)cc3n2)cc1. The zero-order valence-electron chi connectivity index (χ0n) is 15.9. The van der Waals surface area contributed by atoms with E-state index < -0.39 is 0 Å². The maximum Gasteiger partial charge on any atom is 0.136 e. The van der Waals surface area contributed by atoms with Crippen molar-refractivity contribution in [2.75, 3.05) is 0 Å². The Hall–Kier alpha value is -3.60. The van der Waals surface area contributed by atoms with Crippen LogP contribution in [0.5, 0.6) is 0 Å². The maximum absolute atomic E-state index is 5.00. The summed E-state index contributed by atoms with van der Waals surface area (Å²) >= 11 is 0. The molecule has 0 saturated heterocycles. The normalized spacial score (nSPS) is 14.3. The highest BCUT2D eigenvalue weighted by Gasteiger charge is 2.26. The number of rotatable bonds is 3. The predicted molar refractivity (Wildman–Crippen MR) is 114 cm³/mol. The molecule has 3 aromatic heterocycles.